The molecule has 0 atom stereocenters. The average Bonchev–Trinajstić information content (AvgIpc) is 2.42. The molecule has 0 unspecified atom stereocenters. The number of aromatic nitrogens is 2. The Balaban J connectivity index is -0.000000244. The highest BCUT2D eigenvalue weighted by molar-refractivity contribution is 5.85. The summed E-state index contributed by atoms with van der Waals surface area (Å²) < 4.78 is 4.31. The highest BCUT2D eigenvalue weighted by Gasteiger charge is 1.97. The van der Waals surface area contributed by atoms with Crippen LogP contribution in [0.3, 0.4) is 0 Å². The Morgan fingerprint density at radius 2 is 1.62 bits per heavy atom. The maximum absolute atomic E-state index is 10.00. The molecule has 0 bridgehead atoms. The minimum atomic E-state index is -0.875. The van der Waals surface area contributed by atoms with Crippen LogP contribution in [0, 0.1) is 5.41 Å². The molecule has 11 heteroatoms. The fourth-order valence-electron chi connectivity index (χ4n) is 0.552. The highest BCUT2D eigenvalue weighted by Crippen LogP contribution is 1.90. The van der Waals surface area contributed by atoms with Crippen molar-refractivity contribution >= 4 is 43.2 Å². The van der Waals surface area contributed by atoms with Crippen LogP contribution >= 0.6 is 12.4 Å². The van der Waals surface area contributed by atoms with E-state index in [1.807, 2.05) is 0 Å². The van der Waals surface area contributed by atoms with Gasteiger partial charge in [-0.1, -0.05) is 0 Å². The van der Waals surface area contributed by atoms with Crippen LogP contribution in [0.5, 0.6) is 0 Å². The number of aldehydes is 3. The van der Waals surface area contributed by atoms with E-state index in [1.165, 1.54) is 19.5 Å². The number of guanidine groups is 1. The zero-order valence-electron chi connectivity index (χ0n) is 11.1. The third-order valence-electron chi connectivity index (χ3n) is 1.37. The van der Waals surface area contributed by atoms with E-state index in [-0.39, 0.29) is 24.3 Å². The number of nitrogen functional groups attached to an aromatic ring is 1. The van der Waals surface area contributed by atoms with Crippen LogP contribution in [0.4, 0.5) is 5.95 Å². The lowest BCUT2D eigenvalue weighted by Crippen LogP contribution is -2.20. The van der Waals surface area contributed by atoms with Gasteiger partial charge >= 0.3 is 0 Å². The van der Waals surface area contributed by atoms with Crippen LogP contribution in [-0.2, 0) is 14.3 Å². The zero-order valence-corrected chi connectivity index (χ0v) is 11.9. The smallest absolute Gasteiger partial charge is 0.219 e. The minimum absolute atomic E-state index is 0. The molecule has 0 spiro atoms. The number of carbonyl (C=O) groups excluding carboxylic acids is 3. The third kappa shape index (κ3) is 17.4. The Morgan fingerprint density at radius 3 is 1.81 bits per heavy atom. The summed E-state index contributed by atoms with van der Waals surface area (Å²) in [7, 11) is 1.30. The third-order valence-corrected chi connectivity index (χ3v) is 1.37. The Labute approximate surface area is 127 Å². The molecule has 0 aromatic carbocycles. The number of halogens is 1. The molecule has 0 radical (unpaired) electrons. The van der Waals surface area contributed by atoms with E-state index >= 15 is 0 Å². The van der Waals surface area contributed by atoms with Crippen LogP contribution in [0.2, 0.25) is 0 Å². The van der Waals surface area contributed by atoms with E-state index in [1.54, 1.807) is 0 Å². The second kappa shape index (κ2) is 15.5. The molecule has 0 saturated carbocycles. The van der Waals surface area contributed by atoms with Gasteiger partial charge in [0.2, 0.25) is 5.95 Å². The largest absolute Gasteiger partial charge is 0.370 e. The summed E-state index contributed by atoms with van der Waals surface area (Å²) in [6.45, 7) is 0. The predicted octanol–water partition coefficient (Wildman–Crippen LogP) is -1.47. The topological polar surface area (TPSA) is 188 Å². The van der Waals surface area contributed by atoms with Gasteiger partial charge in [0, 0.05) is 19.5 Å². The van der Waals surface area contributed by atoms with Gasteiger partial charge in [0.15, 0.2) is 30.9 Å². The predicted molar refractivity (Wildman–Crippen MR) is 78.1 cm³/mol. The minimum Gasteiger partial charge on any atom is -0.370 e. The van der Waals surface area contributed by atoms with Gasteiger partial charge in [0.25, 0.3) is 0 Å². The molecule has 0 amide bonds. The lowest BCUT2D eigenvalue weighted by molar-refractivity contribution is -0.126. The maximum atomic E-state index is 10.00. The number of nitrogens with two attached hydrogens (primary N) is 3. The van der Waals surface area contributed by atoms with Crippen LogP contribution in [-0.4, -0.2) is 48.0 Å². The van der Waals surface area contributed by atoms with Gasteiger partial charge < -0.3 is 21.9 Å². The normalized spacial score (nSPS) is 7.90. The molecular weight excluding hydrogens is 304 g/mol. The van der Waals surface area contributed by atoms with E-state index in [2.05, 4.69) is 26.2 Å². The van der Waals surface area contributed by atoms with Crippen molar-refractivity contribution in [1.29, 1.82) is 5.41 Å². The van der Waals surface area contributed by atoms with Crippen molar-refractivity contribution in [3.63, 3.8) is 0 Å². The number of methoxy groups -OCH3 is 1. The number of carbonyl (C=O) groups is 3. The summed E-state index contributed by atoms with van der Waals surface area (Å²) >= 11 is 0. The number of nitrogens with zero attached hydrogens (tertiary/aromatic N) is 2. The van der Waals surface area contributed by atoms with Crippen molar-refractivity contribution in [2.24, 2.45) is 11.5 Å². The molecule has 1 aromatic rings. The van der Waals surface area contributed by atoms with E-state index in [9.17, 15) is 14.4 Å². The highest BCUT2D eigenvalue weighted by atomic mass is 35.5. The molecule has 0 aliphatic rings. The lowest BCUT2D eigenvalue weighted by Gasteiger charge is -1.92. The van der Waals surface area contributed by atoms with Gasteiger partial charge in [0.05, 0.1) is 5.56 Å². The fourth-order valence-corrected chi connectivity index (χ4v) is 0.552. The Kier molecular flexibility index (Phi) is 17.3. The first-order chi connectivity index (χ1) is 9.40. The second-order valence-corrected chi connectivity index (χ2v) is 2.92. The second-order valence-electron chi connectivity index (χ2n) is 2.92. The van der Waals surface area contributed by atoms with Gasteiger partial charge in [-0.2, -0.15) is 0 Å². The summed E-state index contributed by atoms with van der Waals surface area (Å²) in [6.07, 6.45) is 3.41. The molecule has 10 nitrogen and oxygen atoms in total. The number of anilines is 1. The molecule has 0 saturated heterocycles. The number of nitrogens with one attached hydrogen (secondary N) is 1. The SMILES string of the molecule is COC(C=O)C=O.Cl.N=C(N)N.Nc1ncc(C=O)cn1. The number of hydrogen-bond donors (Lipinski definition) is 4. The quantitative estimate of drug-likeness (QED) is 0.222. The molecular formula is C10H17ClN6O4. The lowest BCUT2D eigenvalue weighted by atomic mass is 10.4. The van der Waals surface area contributed by atoms with Crippen LogP contribution in [0.1, 0.15) is 10.4 Å². The van der Waals surface area contributed by atoms with Crippen molar-refractivity contribution in [2.75, 3.05) is 12.8 Å². The Hall–Kier alpha value is -2.59. The van der Waals surface area contributed by atoms with E-state index in [0.29, 0.717) is 24.4 Å². The van der Waals surface area contributed by atoms with Gasteiger partial charge in [-0.05, 0) is 0 Å². The summed E-state index contributed by atoms with van der Waals surface area (Å²) in [5, 5.41) is 6.06. The molecule has 1 rings (SSSR count). The molecule has 21 heavy (non-hydrogen) atoms. The van der Waals surface area contributed by atoms with E-state index in [4.69, 9.17) is 11.1 Å². The molecule has 0 aliphatic heterocycles. The molecule has 1 aromatic heterocycles. The van der Waals surface area contributed by atoms with Crippen molar-refractivity contribution < 1.29 is 19.1 Å². The molecule has 1 heterocycles. The molecule has 7 N–H and O–H groups in total. The summed E-state index contributed by atoms with van der Waals surface area (Å²) in [5.41, 5.74) is 14.5. The zero-order chi connectivity index (χ0) is 16.0. The first kappa shape index (κ1) is 23.5. The average molecular weight is 321 g/mol. The number of rotatable bonds is 4. The van der Waals surface area contributed by atoms with Gasteiger partial charge in [0.1, 0.15) is 0 Å². The Morgan fingerprint density at radius 1 is 1.24 bits per heavy atom. The molecule has 0 fully saturated rings. The number of hydrogen-bond acceptors (Lipinski definition) is 8. The summed E-state index contributed by atoms with van der Waals surface area (Å²) in [5.74, 6) is -0.152. The Bertz CT molecular complexity index is 416. The van der Waals surface area contributed by atoms with Gasteiger partial charge in [-0.3, -0.25) is 19.8 Å². The van der Waals surface area contributed by atoms with E-state index in [0.717, 1.165) is 0 Å². The van der Waals surface area contributed by atoms with Crippen LogP contribution < -0.4 is 17.2 Å². The summed E-state index contributed by atoms with van der Waals surface area (Å²) in [4.78, 5) is 36.4. The molecule has 0 aliphatic carbocycles. The van der Waals surface area contributed by atoms with Crippen molar-refractivity contribution in [3.05, 3.63) is 18.0 Å². The first-order valence-corrected chi connectivity index (χ1v) is 4.96. The summed E-state index contributed by atoms with van der Waals surface area (Å²) in [6, 6.07) is 0. The van der Waals surface area contributed by atoms with E-state index < -0.39 is 6.10 Å². The van der Waals surface area contributed by atoms with Crippen molar-refractivity contribution in [3.8, 4) is 0 Å². The van der Waals surface area contributed by atoms with Crippen molar-refractivity contribution in [1.82, 2.24) is 9.97 Å². The van der Waals surface area contributed by atoms with Gasteiger partial charge in [-0.25, -0.2) is 9.97 Å². The number of ether oxygens (including phenoxy) is 1. The van der Waals surface area contributed by atoms with Crippen molar-refractivity contribution in [2.45, 2.75) is 6.10 Å². The van der Waals surface area contributed by atoms with Gasteiger partial charge in [-0.15, -0.1) is 12.4 Å². The monoisotopic (exact) mass is 320 g/mol. The van der Waals surface area contributed by atoms with Crippen LogP contribution in [0.25, 0.3) is 0 Å². The standard InChI is InChI=1S/C5H5N3O.C4H6O3.CH5N3.ClH/c6-5-7-1-4(3-9)2-8-5;1-7-4(2-5)3-6;2-1(3)4;/h1-3H,(H2,6,7,8);2-4H,1H3;(H5,2,3,4);1H. The first-order valence-electron chi connectivity index (χ1n) is 4.96. The fraction of sp³-hybridized carbons (Fsp3) is 0.200. The molecule has 118 valence electrons. The maximum Gasteiger partial charge on any atom is 0.219 e. The van der Waals surface area contributed by atoms with Crippen LogP contribution in [0.15, 0.2) is 12.4 Å².